The van der Waals surface area contributed by atoms with Crippen molar-refractivity contribution in [2.45, 2.75) is 64.2 Å². The molecule has 0 spiro atoms. The molecule has 1 fully saturated rings. The molecule has 0 saturated heterocycles. The maximum atomic E-state index is 12.4. The molecule has 2 amide bonds. The van der Waals surface area contributed by atoms with Crippen molar-refractivity contribution in [3.05, 3.63) is 47.7 Å². The van der Waals surface area contributed by atoms with Gasteiger partial charge in [-0.3, -0.25) is 5.32 Å². The Bertz CT molecular complexity index is 873. The number of benzene rings is 1. The van der Waals surface area contributed by atoms with Crippen LogP contribution in [0.4, 0.5) is 15.4 Å². The molecular formula is C22H30N4O4. The molecule has 1 aromatic heterocycles. The molecule has 0 radical (unpaired) electrons. The first-order valence-electron chi connectivity index (χ1n) is 10.2. The number of carbonyl (C=O) groups is 2. The van der Waals surface area contributed by atoms with Gasteiger partial charge in [0.05, 0.1) is 11.2 Å². The van der Waals surface area contributed by atoms with E-state index in [1.54, 1.807) is 11.7 Å². The summed E-state index contributed by atoms with van der Waals surface area (Å²) in [4.78, 5) is 23.8. The monoisotopic (exact) mass is 414 g/mol. The van der Waals surface area contributed by atoms with Gasteiger partial charge in [-0.2, -0.15) is 5.10 Å². The number of anilines is 1. The van der Waals surface area contributed by atoms with E-state index in [-0.39, 0.29) is 24.2 Å². The van der Waals surface area contributed by atoms with E-state index in [0.29, 0.717) is 12.2 Å². The van der Waals surface area contributed by atoms with Crippen molar-refractivity contribution in [3.63, 3.8) is 0 Å². The highest BCUT2D eigenvalue weighted by Gasteiger charge is 2.32. The standard InChI is InChI=1S/C22H30N4O4/c1-22(2,3)26-19(24-21(28)29-14-15-8-6-5-7-9-15)13-18(25-26)16-10-11-17(12-16)30-20(27)23-4/h5-9,13,16-17H,10-12,14H2,1-4H3,(H,23,27)(H,24,28)/t16-,17+/m0/s1. The molecule has 2 atom stereocenters. The Hall–Kier alpha value is -3.03. The van der Waals surface area contributed by atoms with Gasteiger partial charge in [-0.1, -0.05) is 30.3 Å². The molecule has 162 valence electrons. The fraction of sp³-hybridized carbons (Fsp3) is 0.500. The van der Waals surface area contributed by atoms with Crippen LogP contribution in [0.5, 0.6) is 0 Å². The molecule has 0 unspecified atom stereocenters. The van der Waals surface area contributed by atoms with Crippen LogP contribution in [0.15, 0.2) is 36.4 Å². The lowest BCUT2D eigenvalue weighted by Gasteiger charge is -2.22. The second-order valence-corrected chi connectivity index (χ2v) is 8.51. The molecule has 30 heavy (non-hydrogen) atoms. The molecule has 1 heterocycles. The number of hydrogen-bond donors (Lipinski definition) is 2. The normalized spacial score (nSPS) is 18.7. The van der Waals surface area contributed by atoms with Crippen molar-refractivity contribution in [2.75, 3.05) is 12.4 Å². The third-order valence-corrected chi connectivity index (χ3v) is 5.09. The summed E-state index contributed by atoms with van der Waals surface area (Å²) in [6.07, 6.45) is 1.32. The van der Waals surface area contributed by atoms with Gasteiger partial charge in [-0.05, 0) is 45.6 Å². The Morgan fingerprint density at radius 3 is 2.57 bits per heavy atom. The van der Waals surface area contributed by atoms with Crippen LogP contribution in [0.3, 0.4) is 0 Å². The van der Waals surface area contributed by atoms with E-state index < -0.39 is 12.2 Å². The molecular weight excluding hydrogens is 384 g/mol. The van der Waals surface area contributed by atoms with E-state index in [1.807, 2.05) is 57.2 Å². The van der Waals surface area contributed by atoms with Gasteiger partial charge in [-0.25, -0.2) is 14.3 Å². The predicted molar refractivity (Wildman–Crippen MR) is 113 cm³/mol. The second-order valence-electron chi connectivity index (χ2n) is 8.51. The summed E-state index contributed by atoms with van der Waals surface area (Å²) >= 11 is 0. The van der Waals surface area contributed by atoms with Crippen molar-refractivity contribution < 1.29 is 19.1 Å². The highest BCUT2D eigenvalue weighted by Crippen LogP contribution is 2.37. The molecule has 1 aromatic carbocycles. The number of nitrogens with zero attached hydrogens (tertiary/aromatic N) is 2. The number of hydrogen-bond acceptors (Lipinski definition) is 5. The van der Waals surface area contributed by atoms with Crippen molar-refractivity contribution in [2.24, 2.45) is 0 Å². The largest absolute Gasteiger partial charge is 0.446 e. The average Bonchev–Trinajstić information content (AvgIpc) is 3.34. The summed E-state index contributed by atoms with van der Waals surface area (Å²) < 4.78 is 12.5. The van der Waals surface area contributed by atoms with Gasteiger partial charge in [0, 0.05) is 19.0 Å². The molecule has 0 bridgehead atoms. The third kappa shape index (κ3) is 5.52. The second kappa shape index (κ2) is 9.19. The molecule has 2 N–H and O–H groups in total. The van der Waals surface area contributed by atoms with Gasteiger partial charge in [0.25, 0.3) is 0 Å². The number of rotatable bonds is 5. The van der Waals surface area contributed by atoms with Gasteiger partial charge >= 0.3 is 12.2 Å². The zero-order chi connectivity index (χ0) is 21.7. The van der Waals surface area contributed by atoms with Crippen molar-refractivity contribution >= 4 is 18.0 Å². The number of aromatic nitrogens is 2. The van der Waals surface area contributed by atoms with Crippen molar-refractivity contribution in [3.8, 4) is 0 Å². The van der Waals surface area contributed by atoms with E-state index in [4.69, 9.17) is 14.6 Å². The van der Waals surface area contributed by atoms with Crippen LogP contribution in [0, 0.1) is 0 Å². The molecule has 8 nitrogen and oxygen atoms in total. The van der Waals surface area contributed by atoms with E-state index in [1.165, 1.54) is 0 Å². The smallest absolute Gasteiger partial charge is 0.413 e. The molecule has 0 aliphatic heterocycles. The van der Waals surface area contributed by atoms with Crippen LogP contribution in [-0.2, 0) is 21.6 Å². The van der Waals surface area contributed by atoms with Gasteiger partial charge < -0.3 is 14.8 Å². The molecule has 3 rings (SSSR count). The van der Waals surface area contributed by atoms with Crippen molar-refractivity contribution in [1.82, 2.24) is 15.1 Å². The highest BCUT2D eigenvalue weighted by molar-refractivity contribution is 5.83. The Balaban J connectivity index is 1.68. The maximum absolute atomic E-state index is 12.4. The summed E-state index contributed by atoms with van der Waals surface area (Å²) in [6.45, 7) is 6.27. The quantitative estimate of drug-likeness (QED) is 0.757. The zero-order valence-corrected chi connectivity index (χ0v) is 18.0. The summed E-state index contributed by atoms with van der Waals surface area (Å²) in [6, 6.07) is 11.4. The summed E-state index contributed by atoms with van der Waals surface area (Å²) in [5, 5.41) is 10.1. The van der Waals surface area contributed by atoms with E-state index >= 15 is 0 Å². The average molecular weight is 415 g/mol. The Kier molecular flexibility index (Phi) is 6.64. The molecule has 8 heteroatoms. The number of carbonyl (C=O) groups excluding carboxylic acids is 2. The third-order valence-electron chi connectivity index (χ3n) is 5.09. The lowest BCUT2D eigenvalue weighted by molar-refractivity contribution is 0.102. The SMILES string of the molecule is CNC(=O)O[C@@H]1CC[C@H](c2cc(NC(=O)OCc3ccccc3)n(C(C)(C)C)n2)C1. The first kappa shape index (κ1) is 21.7. The van der Waals surface area contributed by atoms with Crippen LogP contribution in [-0.4, -0.2) is 35.1 Å². The lowest BCUT2D eigenvalue weighted by Crippen LogP contribution is -2.27. The minimum atomic E-state index is -0.525. The van der Waals surface area contributed by atoms with Gasteiger partial charge in [0.15, 0.2) is 0 Å². The van der Waals surface area contributed by atoms with E-state index in [0.717, 1.165) is 24.1 Å². The van der Waals surface area contributed by atoms with Crippen LogP contribution in [0.1, 0.15) is 57.2 Å². The maximum Gasteiger partial charge on any atom is 0.413 e. The molecule has 2 aromatic rings. The first-order valence-corrected chi connectivity index (χ1v) is 10.2. The molecule has 1 aliphatic carbocycles. The molecule has 1 saturated carbocycles. The number of alkyl carbamates (subject to hydrolysis) is 1. The number of nitrogens with one attached hydrogen (secondary N) is 2. The number of amides is 2. The fourth-order valence-electron chi connectivity index (χ4n) is 3.59. The van der Waals surface area contributed by atoms with Crippen LogP contribution in [0.2, 0.25) is 0 Å². The van der Waals surface area contributed by atoms with Gasteiger partial charge in [0.1, 0.15) is 18.5 Å². The van der Waals surface area contributed by atoms with E-state index in [9.17, 15) is 9.59 Å². The van der Waals surface area contributed by atoms with E-state index in [2.05, 4.69) is 10.6 Å². The zero-order valence-electron chi connectivity index (χ0n) is 18.0. The Morgan fingerprint density at radius 1 is 1.17 bits per heavy atom. The predicted octanol–water partition coefficient (Wildman–Crippen LogP) is 4.38. The van der Waals surface area contributed by atoms with Crippen LogP contribution in [0.25, 0.3) is 0 Å². The summed E-state index contributed by atoms with van der Waals surface area (Å²) in [5.74, 6) is 0.760. The summed E-state index contributed by atoms with van der Waals surface area (Å²) in [5.41, 5.74) is 1.48. The van der Waals surface area contributed by atoms with Crippen LogP contribution < -0.4 is 10.6 Å². The van der Waals surface area contributed by atoms with Crippen LogP contribution >= 0.6 is 0 Å². The Labute approximate surface area is 176 Å². The molecule has 1 aliphatic rings. The fourth-order valence-corrected chi connectivity index (χ4v) is 3.59. The Morgan fingerprint density at radius 2 is 1.90 bits per heavy atom. The lowest BCUT2D eigenvalue weighted by atomic mass is 10.0. The summed E-state index contributed by atoms with van der Waals surface area (Å²) in [7, 11) is 1.55. The van der Waals surface area contributed by atoms with Crippen molar-refractivity contribution in [1.29, 1.82) is 0 Å². The first-order chi connectivity index (χ1) is 14.3. The highest BCUT2D eigenvalue weighted by atomic mass is 16.6. The van der Waals surface area contributed by atoms with Gasteiger partial charge in [-0.15, -0.1) is 0 Å². The minimum absolute atomic E-state index is 0.123. The topological polar surface area (TPSA) is 94.5 Å². The minimum Gasteiger partial charge on any atom is -0.446 e. The number of ether oxygens (including phenoxy) is 2. The van der Waals surface area contributed by atoms with Gasteiger partial charge in [0.2, 0.25) is 0 Å².